The van der Waals surface area contributed by atoms with Gasteiger partial charge in [-0.3, -0.25) is 0 Å². The molecule has 3 aromatic carbocycles. The molecule has 8 heteroatoms. The molecule has 0 aliphatic carbocycles. The molecule has 0 unspecified atom stereocenters. The van der Waals surface area contributed by atoms with E-state index < -0.39 is 0 Å². The minimum atomic E-state index is -0.211. The van der Waals surface area contributed by atoms with Gasteiger partial charge in [-0.05, 0) is 62.4 Å². The Morgan fingerprint density at radius 3 is 1.97 bits per heavy atom. The van der Waals surface area contributed by atoms with E-state index in [0.717, 1.165) is 38.5 Å². The first-order chi connectivity index (χ1) is 17.1. The quantitative estimate of drug-likeness (QED) is 0.236. The van der Waals surface area contributed by atoms with Crippen LogP contribution < -0.4 is 4.90 Å². The summed E-state index contributed by atoms with van der Waals surface area (Å²) in [4.78, 5) is 7.44. The summed E-state index contributed by atoms with van der Waals surface area (Å²) >= 11 is 2.75. The molecular weight excluding hydrogens is 472 g/mol. The Morgan fingerprint density at radius 2 is 1.37 bits per heavy atom. The lowest BCUT2D eigenvalue weighted by molar-refractivity contribution is 1.29. The highest BCUT2D eigenvalue weighted by Crippen LogP contribution is 2.43. The van der Waals surface area contributed by atoms with E-state index in [2.05, 4.69) is 93.2 Å². The van der Waals surface area contributed by atoms with Crippen LogP contribution in [0.15, 0.2) is 77.8 Å². The predicted octanol–water partition coefficient (Wildman–Crippen LogP) is 7.63. The van der Waals surface area contributed by atoms with Crippen LogP contribution in [0.25, 0.3) is 21.5 Å². The van der Waals surface area contributed by atoms with Gasteiger partial charge in [-0.1, -0.05) is 35.4 Å². The summed E-state index contributed by atoms with van der Waals surface area (Å²) in [6.07, 6.45) is 0. The van der Waals surface area contributed by atoms with E-state index in [1.54, 1.807) is 29.5 Å². The van der Waals surface area contributed by atoms with E-state index in [0.29, 0.717) is 16.7 Å². The Hall–Kier alpha value is -4.37. The Labute approximate surface area is 211 Å². The van der Waals surface area contributed by atoms with Crippen molar-refractivity contribution in [3.63, 3.8) is 0 Å². The number of thiophene rings is 1. The van der Waals surface area contributed by atoms with Gasteiger partial charge < -0.3 is 4.90 Å². The lowest BCUT2D eigenvalue weighted by Gasteiger charge is -2.24. The minimum Gasteiger partial charge on any atom is -0.302 e. The van der Waals surface area contributed by atoms with Gasteiger partial charge in [0.1, 0.15) is 28.2 Å². The standard InChI is InChI=1S/C27H18N6S2/c1-17-3-7-20(8-4-17)33(21-9-5-18(2)6-10-21)25-14-13-24(34-25)22-11-12-23(30-19(15-28)16-29)27-26(22)31-35-32-27/h3-14H,1-2H3. The van der Waals surface area contributed by atoms with Crippen LogP contribution in [0.3, 0.4) is 0 Å². The zero-order chi connectivity index (χ0) is 24.4. The molecule has 0 saturated carbocycles. The van der Waals surface area contributed by atoms with Gasteiger partial charge in [0.05, 0.1) is 17.4 Å². The molecule has 0 saturated heterocycles. The fourth-order valence-electron chi connectivity index (χ4n) is 3.72. The molecule has 0 N–H and O–H groups in total. The monoisotopic (exact) mass is 490 g/mol. The third-order valence-corrected chi connectivity index (χ3v) is 7.13. The summed E-state index contributed by atoms with van der Waals surface area (Å²) in [6, 6.07) is 28.5. The van der Waals surface area contributed by atoms with Gasteiger partial charge in [0, 0.05) is 21.8 Å². The van der Waals surface area contributed by atoms with Crippen LogP contribution in [0.5, 0.6) is 0 Å². The van der Waals surface area contributed by atoms with Crippen molar-refractivity contribution in [1.29, 1.82) is 10.5 Å². The number of hydrogen-bond donors (Lipinski definition) is 0. The minimum absolute atomic E-state index is 0.211. The van der Waals surface area contributed by atoms with Crippen LogP contribution >= 0.6 is 23.1 Å². The first-order valence-corrected chi connectivity index (χ1v) is 12.3. The molecule has 0 radical (unpaired) electrons. The zero-order valence-corrected chi connectivity index (χ0v) is 20.6. The van der Waals surface area contributed by atoms with Crippen LogP contribution in [0.4, 0.5) is 22.1 Å². The molecule has 0 fully saturated rings. The first-order valence-electron chi connectivity index (χ1n) is 10.7. The van der Waals surface area contributed by atoms with Crippen molar-refractivity contribution in [2.75, 3.05) is 4.90 Å². The molecule has 0 amide bonds. The summed E-state index contributed by atoms with van der Waals surface area (Å²) in [5.74, 6) is 0. The fourth-order valence-corrected chi connectivity index (χ4v) is 5.37. The fraction of sp³-hybridized carbons (Fsp3) is 0.0741. The van der Waals surface area contributed by atoms with Crippen molar-refractivity contribution in [3.8, 4) is 22.6 Å². The van der Waals surface area contributed by atoms with Crippen molar-refractivity contribution in [3.05, 3.63) is 83.9 Å². The highest BCUT2D eigenvalue weighted by Gasteiger charge is 2.18. The van der Waals surface area contributed by atoms with Gasteiger partial charge in [-0.25, -0.2) is 4.99 Å². The van der Waals surface area contributed by atoms with Crippen molar-refractivity contribution < 1.29 is 0 Å². The van der Waals surface area contributed by atoms with Crippen molar-refractivity contribution in [2.24, 2.45) is 4.99 Å². The van der Waals surface area contributed by atoms with Crippen molar-refractivity contribution in [2.45, 2.75) is 13.8 Å². The maximum absolute atomic E-state index is 9.08. The number of nitrogens with zero attached hydrogens (tertiary/aromatic N) is 6. The second-order valence-corrected chi connectivity index (χ2v) is 9.51. The second-order valence-electron chi connectivity index (χ2n) is 7.92. The second kappa shape index (κ2) is 9.47. The number of rotatable bonds is 5. The molecule has 2 heterocycles. The highest BCUT2D eigenvalue weighted by atomic mass is 32.1. The van der Waals surface area contributed by atoms with Gasteiger partial charge in [0.25, 0.3) is 0 Å². The summed E-state index contributed by atoms with van der Waals surface area (Å²) in [7, 11) is 0. The first kappa shape index (κ1) is 22.4. The SMILES string of the molecule is Cc1ccc(N(c2ccc(C)cc2)c2ccc(-c3ccc(N=C(C#N)C#N)c4nsnc34)s2)cc1. The summed E-state index contributed by atoms with van der Waals surface area (Å²) in [5.41, 5.74) is 7.06. The van der Waals surface area contributed by atoms with Crippen LogP contribution in [0.2, 0.25) is 0 Å². The van der Waals surface area contributed by atoms with E-state index in [-0.39, 0.29) is 5.71 Å². The third-order valence-electron chi connectivity index (χ3n) is 5.50. The number of benzene rings is 3. The Morgan fingerprint density at radius 1 is 0.771 bits per heavy atom. The van der Waals surface area contributed by atoms with Gasteiger partial charge in [0.2, 0.25) is 5.71 Å². The predicted molar refractivity (Wildman–Crippen MR) is 143 cm³/mol. The normalized spacial score (nSPS) is 10.5. The molecule has 0 spiro atoms. The van der Waals surface area contributed by atoms with Crippen LogP contribution in [0.1, 0.15) is 11.1 Å². The van der Waals surface area contributed by atoms with E-state index in [1.165, 1.54) is 11.1 Å². The molecule has 0 atom stereocenters. The lowest BCUT2D eigenvalue weighted by atomic mass is 10.1. The zero-order valence-electron chi connectivity index (χ0n) is 18.9. The van der Waals surface area contributed by atoms with Gasteiger partial charge in [-0.15, -0.1) is 11.3 Å². The molecular formula is C27H18N6S2. The van der Waals surface area contributed by atoms with E-state index >= 15 is 0 Å². The molecule has 0 bridgehead atoms. The topological polar surface area (TPSA) is 89.0 Å². The summed E-state index contributed by atoms with van der Waals surface area (Å²) in [5, 5.41) is 19.2. The van der Waals surface area contributed by atoms with E-state index in [4.69, 9.17) is 10.5 Å². The molecule has 0 aliphatic rings. The van der Waals surface area contributed by atoms with E-state index in [1.807, 2.05) is 6.07 Å². The number of aliphatic imine (C=N–C) groups is 1. The maximum atomic E-state index is 9.08. The number of fused-ring (bicyclic) bond motifs is 1. The van der Waals surface area contributed by atoms with Gasteiger partial charge in [0.15, 0.2) is 0 Å². The Balaban J connectivity index is 1.60. The van der Waals surface area contributed by atoms with E-state index in [9.17, 15) is 0 Å². The van der Waals surface area contributed by atoms with Gasteiger partial charge in [-0.2, -0.15) is 19.3 Å². The summed E-state index contributed by atoms with van der Waals surface area (Å²) in [6.45, 7) is 4.17. The Bertz CT molecular complexity index is 1570. The number of anilines is 3. The van der Waals surface area contributed by atoms with Crippen LogP contribution in [-0.2, 0) is 0 Å². The average Bonchev–Trinajstić information content (AvgIpc) is 3.56. The largest absolute Gasteiger partial charge is 0.302 e. The molecule has 6 nitrogen and oxygen atoms in total. The molecule has 2 aromatic heterocycles. The molecule has 35 heavy (non-hydrogen) atoms. The smallest absolute Gasteiger partial charge is 0.218 e. The van der Waals surface area contributed by atoms with Crippen LogP contribution in [-0.4, -0.2) is 14.5 Å². The maximum Gasteiger partial charge on any atom is 0.218 e. The number of hydrogen-bond acceptors (Lipinski definition) is 8. The third kappa shape index (κ3) is 4.41. The molecule has 0 aliphatic heterocycles. The highest BCUT2D eigenvalue weighted by molar-refractivity contribution is 7.19. The average molecular weight is 491 g/mol. The van der Waals surface area contributed by atoms with Crippen molar-refractivity contribution in [1.82, 2.24) is 8.75 Å². The number of aromatic nitrogens is 2. The van der Waals surface area contributed by atoms with Gasteiger partial charge >= 0.3 is 0 Å². The van der Waals surface area contributed by atoms with Crippen LogP contribution in [0, 0.1) is 36.5 Å². The molecule has 5 aromatic rings. The molecule has 168 valence electrons. The van der Waals surface area contributed by atoms with Crippen molar-refractivity contribution >= 4 is 61.9 Å². The number of nitriles is 2. The lowest BCUT2D eigenvalue weighted by Crippen LogP contribution is -2.08. The number of aryl methyl sites for hydroxylation is 2. The Kier molecular flexibility index (Phi) is 6.07. The molecule has 5 rings (SSSR count). The summed E-state index contributed by atoms with van der Waals surface area (Å²) < 4.78 is 8.87.